The van der Waals surface area contributed by atoms with Gasteiger partial charge < -0.3 is 4.90 Å². The molecule has 0 unspecified atom stereocenters. The van der Waals surface area contributed by atoms with Gasteiger partial charge >= 0.3 is 0 Å². The van der Waals surface area contributed by atoms with Crippen molar-refractivity contribution in [2.45, 2.75) is 18.9 Å². The first-order valence-electron chi connectivity index (χ1n) is 8.13. The lowest BCUT2D eigenvalue weighted by Crippen LogP contribution is -2.30. The molecule has 3 aromatic rings. The molecule has 0 aliphatic carbocycles. The maximum absolute atomic E-state index is 12.9. The normalized spacial score (nSPS) is 17.4. The van der Waals surface area contributed by atoms with E-state index in [9.17, 15) is 4.79 Å². The minimum Gasteiger partial charge on any atom is -0.330 e. The summed E-state index contributed by atoms with van der Waals surface area (Å²) in [5, 5.41) is 8.69. The van der Waals surface area contributed by atoms with E-state index < -0.39 is 0 Å². The third kappa shape index (κ3) is 2.60. The van der Waals surface area contributed by atoms with Gasteiger partial charge in [0.25, 0.3) is 5.91 Å². The molecule has 1 aliphatic heterocycles. The van der Waals surface area contributed by atoms with Gasteiger partial charge in [-0.2, -0.15) is 10.2 Å². The minimum atomic E-state index is -0.0176. The molecule has 122 valence electrons. The van der Waals surface area contributed by atoms with Crippen molar-refractivity contribution in [2.75, 3.05) is 6.54 Å². The molecule has 6 heteroatoms. The molecule has 1 amide bonds. The molecule has 1 fully saturated rings. The molecule has 1 aliphatic rings. The number of amides is 1. The molecule has 0 radical (unpaired) electrons. The molecule has 1 saturated heterocycles. The topological polar surface area (TPSA) is 56.0 Å². The smallest absolute Gasteiger partial charge is 0.274 e. The molecule has 6 nitrogen and oxygen atoms in total. The summed E-state index contributed by atoms with van der Waals surface area (Å²) >= 11 is 0. The quantitative estimate of drug-likeness (QED) is 0.745. The van der Waals surface area contributed by atoms with Crippen LogP contribution < -0.4 is 0 Å². The van der Waals surface area contributed by atoms with Crippen molar-refractivity contribution < 1.29 is 4.79 Å². The van der Waals surface area contributed by atoms with E-state index in [0.29, 0.717) is 5.69 Å². The number of aromatic nitrogens is 4. The Morgan fingerprint density at radius 1 is 1.21 bits per heavy atom. The van der Waals surface area contributed by atoms with Crippen LogP contribution >= 0.6 is 0 Å². The molecular weight excluding hydrogens is 302 g/mol. The Bertz CT molecular complexity index is 851. The Balaban J connectivity index is 1.58. The lowest BCUT2D eigenvalue weighted by Gasteiger charge is -2.22. The maximum Gasteiger partial charge on any atom is 0.274 e. The lowest BCUT2D eigenvalue weighted by molar-refractivity contribution is 0.0729. The molecule has 0 saturated carbocycles. The van der Waals surface area contributed by atoms with E-state index in [1.807, 2.05) is 60.9 Å². The first-order valence-corrected chi connectivity index (χ1v) is 8.13. The Morgan fingerprint density at radius 3 is 2.79 bits per heavy atom. The number of carbonyl (C=O) groups excluding carboxylic acids is 1. The molecule has 2 aromatic heterocycles. The summed E-state index contributed by atoms with van der Waals surface area (Å²) in [4.78, 5) is 14.8. The van der Waals surface area contributed by atoms with E-state index in [1.165, 1.54) is 0 Å². The highest BCUT2D eigenvalue weighted by Gasteiger charge is 2.32. The predicted octanol–water partition coefficient (Wildman–Crippen LogP) is 2.58. The number of carbonyl (C=O) groups is 1. The van der Waals surface area contributed by atoms with Crippen LogP contribution in [0.3, 0.4) is 0 Å². The van der Waals surface area contributed by atoms with E-state index in [4.69, 9.17) is 0 Å². The van der Waals surface area contributed by atoms with E-state index >= 15 is 0 Å². The van der Waals surface area contributed by atoms with E-state index in [1.54, 1.807) is 15.4 Å². The third-order valence-electron chi connectivity index (χ3n) is 4.45. The number of benzene rings is 1. The molecule has 0 spiro atoms. The van der Waals surface area contributed by atoms with Crippen LogP contribution in [0.4, 0.5) is 0 Å². The number of rotatable bonds is 3. The number of nitrogens with zero attached hydrogens (tertiary/aromatic N) is 5. The van der Waals surface area contributed by atoms with Gasteiger partial charge in [-0.1, -0.05) is 18.2 Å². The van der Waals surface area contributed by atoms with Crippen molar-refractivity contribution in [2.24, 2.45) is 7.05 Å². The summed E-state index contributed by atoms with van der Waals surface area (Å²) in [5.74, 6) is -0.0176. The third-order valence-corrected chi connectivity index (χ3v) is 4.45. The first kappa shape index (κ1) is 14.7. The highest BCUT2D eigenvalue weighted by Crippen LogP contribution is 2.32. The van der Waals surface area contributed by atoms with Gasteiger partial charge in [0.1, 0.15) is 0 Å². The molecule has 1 aromatic carbocycles. The fourth-order valence-electron chi connectivity index (χ4n) is 3.28. The van der Waals surface area contributed by atoms with Crippen LogP contribution in [-0.4, -0.2) is 36.9 Å². The van der Waals surface area contributed by atoms with Crippen LogP contribution in [0.15, 0.2) is 55.0 Å². The average Bonchev–Trinajstić information content (AvgIpc) is 3.35. The Morgan fingerprint density at radius 2 is 2.04 bits per heavy atom. The van der Waals surface area contributed by atoms with Crippen LogP contribution in [0.1, 0.15) is 34.9 Å². The summed E-state index contributed by atoms with van der Waals surface area (Å²) in [6, 6.07) is 11.7. The zero-order chi connectivity index (χ0) is 16.5. The summed E-state index contributed by atoms with van der Waals surface area (Å²) in [6.45, 7) is 0.761. The van der Waals surface area contributed by atoms with Gasteiger partial charge in [-0.15, -0.1) is 0 Å². The maximum atomic E-state index is 12.9. The Labute approximate surface area is 140 Å². The zero-order valence-electron chi connectivity index (χ0n) is 13.5. The van der Waals surface area contributed by atoms with Crippen molar-refractivity contribution in [3.63, 3.8) is 0 Å². The number of aryl methyl sites for hydroxylation is 1. The van der Waals surface area contributed by atoms with Gasteiger partial charge in [0, 0.05) is 31.5 Å². The second-order valence-corrected chi connectivity index (χ2v) is 6.09. The average molecular weight is 321 g/mol. The van der Waals surface area contributed by atoms with Crippen molar-refractivity contribution in [3.05, 3.63) is 66.2 Å². The summed E-state index contributed by atoms with van der Waals surface area (Å²) in [6.07, 6.45) is 7.64. The number of hydrogen-bond acceptors (Lipinski definition) is 3. The van der Waals surface area contributed by atoms with Gasteiger partial charge in [-0.3, -0.25) is 9.48 Å². The van der Waals surface area contributed by atoms with Crippen molar-refractivity contribution >= 4 is 5.91 Å². The second kappa shape index (κ2) is 5.96. The van der Waals surface area contributed by atoms with Crippen LogP contribution in [0.2, 0.25) is 0 Å². The highest BCUT2D eigenvalue weighted by molar-refractivity contribution is 5.92. The molecule has 24 heavy (non-hydrogen) atoms. The SMILES string of the molecule is Cn1cc([C@@H]2CCCN2C(=O)c2ccn(-c3ccccc3)n2)cn1. The second-order valence-electron chi connectivity index (χ2n) is 6.09. The molecule has 1 atom stereocenters. The number of para-hydroxylation sites is 1. The number of likely N-dealkylation sites (tertiary alicyclic amines) is 1. The van der Waals surface area contributed by atoms with E-state index in [2.05, 4.69) is 10.2 Å². The van der Waals surface area contributed by atoms with Crippen molar-refractivity contribution in [1.29, 1.82) is 0 Å². The molecule has 3 heterocycles. The highest BCUT2D eigenvalue weighted by atomic mass is 16.2. The number of hydrogen-bond donors (Lipinski definition) is 0. The van der Waals surface area contributed by atoms with Gasteiger partial charge in [0.15, 0.2) is 5.69 Å². The molecular formula is C18H19N5O. The molecule has 4 rings (SSSR count). The fourth-order valence-corrected chi connectivity index (χ4v) is 3.28. The Kier molecular flexibility index (Phi) is 3.65. The summed E-state index contributed by atoms with van der Waals surface area (Å²) < 4.78 is 3.52. The predicted molar refractivity (Wildman–Crippen MR) is 89.8 cm³/mol. The van der Waals surface area contributed by atoms with Gasteiger partial charge in [0.2, 0.25) is 0 Å². The molecule has 0 N–H and O–H groups in total. The minimum absolute atomic E-state index is 0.0176. The van der Waals surface area contributed by atoms with Crippen molar-refractivity contribution in [3.8, 4) is 5.69 Å². The summed E-state index contributed by atoms with van der Waals surface area (Å²) in [7, 11) is 1.89. The lowest BCUT2D eigenvalue weighted by atomic mass is 10.1. The largest absolute Gasteiger partial charge is 0.330 e. The van der Waals surface area contributed by atoms with E-state index in [0.717, 1.165) is 30.6 Å². The zero-order valence-corrected chi connectivity index (χ0v) is 13.5. The van der Waals surface area contributed by atoms with Crippen LogP contribution in [-0.2, 0) is 7.05 Å². The monoisotopic (exact) mass is 321 g/mol. The summed E-state index contributed by atoms with van der Waals surface area (Å²) in [5.41, 5.74) is 2.52. The van der Waals surface area contributed by atoms with Crippen LogP contribution in [0, 0.1) is 0 Å². The van der Waals surface area contributed by atoms with Crippen LogP contribution in [0.25, 0.3) is 5.69 Å². The standard InChI is InChI=1S/C18H19N5O/c1-21-13-14(12-19-21)17-8-5-10-22(17)18(24)16-9-11-23(20-16)15-6-3-2-4-7-15/h2-4,6-7,9,11-13,17H,5,8,10H2,1H3/t17-/m0/s1. The van der Waals surface area contributed by atoms with Gasteiger partial charge in [0.05, 0.1) is 17.9 Å². The fraction of sp³-hybridized carbons (Fsp3) is 0.278. The van der Waals surface area contributed by atoms with Gasteiger partial charge in [-0.25, -0.2) is 4.68 Å². The van der Waals surface area contributed by atoms with E-state index in [-0.39, 0.29) is 11.9 Å². The molecule has 0 bridgehead atoms. The van der Waals surface area contributed by atoms with Crippen molar-refractivity contribution in [1.82, 2.24) is 24.5 Å². The van der Waals surface area contributed by atoms with Gasteiger partial charge in [-0.05, 0) is 31.0 Å². The first-order chi connectivity index (χ1) is 11.7. The Hall–Kier alpha value is -2.89. The van der Waals surface area contributed by atoms with Crippen LogP contribution in [0.5, 0.6) is 0 Å².